The van der Waals surface area contributed by atoms with E-state index in [0.717, 1.165) is 17.7 Å². The van der Waals surface area contributed by atoms with Gasteiger partial charge in [0.15, 0.2) is 0 Å². The number of carbonyl (C=O) groups is 2. The normalized spacial score (nSPS) is 12.9. The maximum atomic E-state index is 14.1. The van der Waals surface area contributed by atoms with E-state index in [2.05, 4.69) is 5.32 Å². The molecule has 0 unspecified atom stereocenters. The molecule has 3 rings (SSSR count). The molecule has 0 saturated carbocycles. The highest BCUT2D eigenvalue weighted by molar-refractivity contribution is 7.92. The average Bonchev–Trinajstić information content (AvgIpc) is 2.91. The second kappa shape index (κ2) is 13.8. The molecule has 7 nitrogen and oxygen atoms in total. The fourth-order valence-corrected chi connectivity index (χ4v) is 6.17. The van der Waals surface area contributed by atoms with Gasteiger partial charge in [-0.1, -0.05) is 60.0 Å². The number of sulfonamides is 1. The fraction of sp³-hybridized carbons (Fsp3) is 0.355. The monoisotopic (exact) mass is 671 g/mol. The van der Waals surface area contributed by atoms with E-state index < -0.39 is 62.4 Å². The summed E-state index contributed by atoms with van der Waals surface area (Å²) in [6.07, 6.45) is -4.72. The van der Waals surface area contributed by atoms with Crippen LogP contribution in [0.4, 0.5) is 18.9 Å². The Morgan fingerprint density at radius 3 is 2.05 bits per heavy atom. The molecule has 0 spiro atoms. The summed E-state index contributed by atoms with van der Waals surface area (Å²) in [5.41, 5.74) is -0.972. The van der Waals surface area contributed by atoms with Gasteiger partial charge < -0.3 is 10.2 Å². The predicted molar refractivity (Wildman–Crippen MR) is 166 cm³/mol. The van der Waals surface area contributed by atoms with Crippen molar-refractivity contribution in [2.45, 2.75) is 70.2 Å². The van der Waals surface area contributed by atoms with Gasteiger partial charge >= 0.3 is 6.18 Å². The molecule has 0 heterocycles. The lowest BCUT2D eigenvalue weighted by atomic mass is 10.1. The van der Waals surface area contributed by atoms with E-state index in [-0.39, 0.29) is 17.9 Å². The van der Waals surface area contributed by atoms with Crippen molar-refractivity contribution >= 4 is 50.7 Å². The van der Waals surface area contributed by atoms with E-state index in [1.165, 1.54) is 29.2 Å². The fourth-order valence-electron chi connectivity index (χ4n) is 4.41. The summed E-state index contributed by atoms with van der Waals surface area (Å²) in [6, 6.07) is 13.8. The minimum atomic E-state index is -4.89. The lowest BCUT2D eigenvalue weighted by Crippen LogP contribution is -2.55. The molecule has 0 aliphatic rings. The molecule has 238 valence electrons. The third kappa shape index (κ3) is 8.89. The molecule has 0 aliphatic heterocycles. The van der Waals surface area contributed by atoms with Gasteiger partial charge in [0.25, 0.3) is 10.0 Å². The smallest absolute Gasteiger partial charge is 0.350 e. The Morgan fingerprint density at radius 1 is 0.932 bits per heavy atom. The van der Waals surface area contributed by atoms with Crippen molar-refractivity contribution in [3.63, 3.8) is 0 Å². The van der Waals surface area contributed by atoms with Crippen LogP contribution in [0.5, 0.6) is 0 Å². The topological polar surface area (TPSA) is 86.8 Å². The summed E-state index contributed by atoms with van der Waals surface area (Å²) in [4.78, 5) is 28.5. The van der Waals surface area contributed by atoms with Crippen LogP contribution >= 0.6 is 23.2 Å². The Labute approximate surface area is 266 Å². The molecule has 1 N–H and O–H groups in total. The zero-order valence-corrected chi connectivity index (χ0v) is 27.2. The maximum absolute atomic E-state index is 14.1. The van der Waals surface area contributed by atoms with Gasteiger partial charge in [-0.2, -0.15) is 13.2 Å². The van der Waals surface area contributed by atoms with Gasteiger partial charge in [0.2, 0.25) is 11.8 Å². The Morgan fingerprint density at radius 2 is 1.52 bits per heavy atom. The lowest BCUT2D eigenvalue weighted by molar-refractivity contribution is -0.141. The first-order valence-electron chi connectivity index (χ1n) is 13.7. The molecule has 0 aromatic heterocycles. The zero-order valence-electron chi connectivity index (χ0n) is 24.9. The Bertz CT molecular complexity index is 1590. The van der Waals surface area contributed by atoms with Gasteiger partial charge in [0.1, 0.15) is 12.6 Å². The summed E-state index contributed by atoms with van der Waals surface area (Å²) in [6.45, 7) is 7.77. The Balaban J connectivity index is 2.16. The van der Waals surface area contributed by atoms with Gasteiger partial charge in [-0.25, -0.2) is 8.42 Å². The van der Waals surface area contributed by atoms with Crippen molar-refractivity contribution < 1.29 is 31.2 Å². The van der Waals surface area contributed by atoms with Gasteiger partial charge in [0.05, 0.1) is 21.2 Å². The van der Waals surface area contributed by atoms with E-state index >= 15 is 0 Å². The van der Waals surface area contributed by atoms with Gasteiger partial charge in [0, 0.05) is 17.1 Å². The number of benzene rings is 3. The SMILES string of the molecule is CC[C@@H](C(=O)NC(C)(C)C)N(Cc1ccc(Cl)cc1)C(=O)CN(c1ccc(Cl)c(C(F)(F)F)c1)S(=O)(=O)c1ccc(C)cc1. The maximum Gasteiger partial charge on any atom is 0.417 e. The number of carbonyl (C=O) groups excluding carboxylic acids is 2. The van der Waals surface area contributed by atoms with Crippen LogP contribution in [0.15, 0.2) is 71.6 Å². The van der Waals surface area contributed by atoms with E-state index in [1.54, 1.807) is 58.9 Å². The number of halogens is 5. The highest BCUT2D eigenvalue weighted by atomic mass is 35.5. The first-order valence-corrected chi connectivity index (χ1v) is 15.8. The summed E-state index contributed by atoms with van der Waals surface area (Å²) in [7, 11) is -4.58. The number of aryl methyl sites for hydroxylation is 1. The van der Waals surface area contributed by atoms with Crippen molar-refractivity contribution in [1.29, 1.82) is 0 Å². The highest BCUT2D eigenvalue weighted by Gasteiger charge is 2.37. The van der Waals surface area contributed by atoms with Crippen LogP contribution in [0, 0.1) is 6.92 Å². The van der Waals surface area contributed by atoms with Gasteiger partial charge in [-0.3, -0.25) is 13.9 Å². The van der Waals surface area contributed by atoms with Crippen LogP contribution < -0.4 is 9.62 Å². The number of anilines is 1. The van der Waals surface area contributed by atoms with Crippen molar-refractivity contribution in [2.75, 3.05) is 10.8 Å². The molecule has 0 aliphatic carbocycles. The summed E-state index contributed by atoms with van der Waals surface area (Å²) in [5.74, 6) is -1.28. The quantitative estimate of drug-likeness (QED) is 0.246. The van der Waals surface area contributed by atoms with Crippen molar-refractivity contribution in [2.24, 2.45) is 0 Å². The van der Waals surface area contributed by atoms with Crippen LogP contribution in [0.2, 0.25) is 10.0 Å². The van der Waals surface area contributed by atoms with Crippen LogP contribution in [-0.4, -0.2) is 43.3 Å². The van der Waals surface area contributed by atoms with Crippen molar-refractivity contribution in [3.8, 4) is 0 Å². The minimum absolute atomic E-state index is 0.0983. The first-order chi connectivity index (χ1) is 20.3. The molecular formula is C31H34Cl2F3N3O4S. The summed E-state index contributed by atoms with van der Waals surface area (Å²) in [5, 5.41) is 2.67. The second-order valence-corrected chi connectivity index (χ2v) is 14.0. The van der Waals surface area contributed by atoms with E-state index in [1.807, 2.05) is 0 Å². The predicted octanol–water partition coefficient (Wildman–Crippen LogP) is 7.24. The molecule has 0 radical (unpaired) electrons. The first kappa shape index (κ1) is 35.2. The van der Waals surface area contributed by atoms with Crippen LogP contribution in [0.1, 0.15) is 50.8 Å². The molecule has 3 aromatic carbocycles. The molecule has 2 amide bonds. The van der Waals surface area contributed by atoms with Crippen molar-refractivity contribution in [1.82, 2.24) is 10.2 Å². The number of nitrogens with zero attached hydrogens (tertiary/aromatic N) is 2. The lowest BCUT2D eigenvalue weighted by Gasteiger charge is -2.35. The van der Waals surface area contributed by atoms with E-state index in [9.17, 15) is 31.2 Å². The van der Waals surface area contributed by atoms with E-state index in [4.69, 9.17) is 23.2 Å². The standard InChI is InChI=1S/C31H34Cl2F3N3O4S/c1-6-27(29(41)37-30(3,4)5)38(18-21-9-11-22(32)12-10-21)28(40)19-39(44(42,43)24-14-7-20(2)8-15-24)23-13-16-26(33)25(17-23)31(34,35)36/h7-17,27H,6,18-19H2,1-5H3,(H,37,41)/t27-/m0/s1. The summed E-state index contributed by atoms with van der Waals surface area (Å²) >= 11 is 11.8. The number of alkyl halides is 3. The number of rotatable bonds is 10. The van der Waals surface area contributed by atoms with E-state index in [0.29, 0.717) is 21.0 Å². The molecule has 0 bridgehead atoms. The molecule has 44 heavy (non-hydrogen) atoms. The summed E-state index contributed by atoms with van der Waals surface area (Å²) < 4.78 is 69.9. The highest BCUT2D eigenvalue weighted by Crippen LogP contribution is 2.38. The molecule has 3 aromatic rings. The van der Waals surface area contributed by atoms with Crippen LogP contribution in [0.25, 0.3) is 0 Å². The molecule has 0 fully saturated rings. The number of hydrogen-bond donors (Lipinski definition) is 1. The Hall–Kier alpha value is -3.28. The molecule has 13 heteroatoms. The zero-order chi connectivity index (χ0) is 33.0. The third-order valence-corrected chi connectivity index (χ3v) is 8.95. The number of hydrogen-bond acceptors (Lipinski definition) is 4. The average molecular weight is 673 g/mol. The van der Waals surface area contributed by atoms with Gasteiger partial charge in [-0.15, -0.1) is 0 Å². The second-order valence-electron chi connectivity index (χ2n) is 11.3. The number of nitrogens with one attached hydrogen (secondary N) is 1. The Kier molecular flexibility index (Phi) is 11.0. The molecular weight excluding hydrogens is 638 g/mol. The van der Waals surface area contributed by atoms with Crippen LogP contribution in [-0.2, 0) is 32.3 Å². The number of amides is 2. The third-order valence-electron chi connectivity index (χ3n) is 6.58. The minimum Gasteiger partial charge on any atom is -0.350 e. The molecule has 0 saturated heterocycles. The molecule has 1 atom stereocenters. The van der Waals surface area contributed by atoms with Crippen LogP contribution in [0.3, 0.4) is 0 Å². The largest absolute Gasteiger partial charge is 0.417 e. The van der Waals surface area contributed by atoms with Crippen molar-refractivity contribution in [3.05, 3.63) is 93.5 Å². The van der Waals surface area contributed by atoms with Gasteiger partial charge in [-0.05, 0) is 82.1 Å².